The Balaban J connectivity index is 1.94. The highest BCUT2D eigenvalue weighted by Gasteiger charge is 2.26. The molecule has 0 unspecified atom stereocenters. The van der Waals surface area contributed by atoms with E-state index in [1.807, 2.05) is 12.1 Å². The van der Waals surface area contributed by atoms with Crippen LogP contribution in [0.2, 0.25) is 0 Å². The lowest BCUT2D eigenvalue weighted by molar-refractivity contribution is -0.110. The van der Waals surface area contributed by atoms with Gasteiger partial charge in [-0.3, -0.25) is 4.90 Å². The third kappa shape index (κ3) is 3.99. The van der Waals surface area contributed by atoms with Gasteiger partial charge in [0.05, 0.1) is 6.54 Å². The predicted molar refractivity (Wildman–Crippen MR) is 75.4 cm³/mol. The molecule has 3 nitrogen and oxygen atoms in total. The van der Waals surface area contributed by atoms with Gasteiger partial charge in [0.25, 0.3) is 0 Å². The standard InChI is InChI=1S/C14H16BrF2NO2/c15-7-12-6-10(1-2-13(12)20-14(16)17)5-11-8-18(9-11)3-4-19/h1-2,4,6,11,14H,3,5,7-9H2. The SMILES string of the molecule is O=CCN1CC(Cc2ccc(OC(F)F)c(CBr)c2)C1. The van der Waals surface area contributed by atoms with Crippen LogP contribution in [0, 0.1) is 5.92 Å². The smallest absolute Gasteiger partial charge is 0.387 e. The van der Waals surface area contributed by atoms with Crippen LogP contribution in [0.15, 0.2) is 18.2 Å². The number of hydrogen-bond donors (Lipinski definition) is 0. The Hall–Kier alpha value is -1.01. The van der Waals surface area contributed by atoms with E-state index in [0.29, 0.717) is 17.8 Å². The summed E-state index contributed by atoms with van der Waals surface area (Å²) in [6.45, 7) is -0.484. The van der Waals surface area contributed by atoms with E-state index < -0.39 is 6.61 Å². The second-order valence-electron chi connectivity index (χ2n) is 4.91. The fraction of sp³-hybridized carbons (Fsp3) is 0.500. The molecule has 6 heteroatoms. The van der Waals surface area contributed by atoms with E-state index in [9.17, 15) is 13.6 Å². The van der Waals surface area contributed by atoms with E-state index in [4.69, 9.17) is 0 Å². The lowest BCUT2D eigenvalue weighted by Crippen LogP contribution is -2.48. The van der Waals surface area contributed by atoms with Gasteiger partial charge in [0, 0.05) is 24.0 Å². The molecular weight excluding hydrogens is 332 g/mol. The zero-order valence-electron chi connectivity index (χ0n) is 10.9. The fourth-order valence-corrected chi connectivity index (χ4v) is 2.91. The number of carbonyl (C=O) groups is 1. The van der Waals surface area contributed by atoms with Crippen molar-refractivity contribution in [2.45, 2.75) is 18.4 Å². The number of nitrogens with zero attached hydrogens (tertiary/aromatic N) is 1. The molecule has 1 fully saturated rings. The Morgan fingerprint density at radius 2 is 2.20 bits per heavy atom. The largest absolute Gasteiger partial charge is 0.435 e. The molecule has 0 aliphatic carbocycles. The second-order valence-corrected chi connectivity index (χ2v) is 5.47. The summed E-state index contributed by atoms with van der Waals surface area (Å²) in [7, 11) is 0. The first-order chi connectivity index (χ1) is 9.62. The van der Waals surface area contributed by atoms with Crippen molar-refractivity contribution >= 4 is 22.2 Å². The van der Waals surface area contributed by atoms with Gasteiger partial charge in [-0.05, 0) is 24.0 Å². The summed E-state index contributed by atoms with van der Waals surface area (Å²) in [5.41, 5.74) is 1.84. The minimum absolute atomic E-state index is 0.219. The first kappa shape index (κ1) is 15.4. The zero-order valence-corrected chi connectivity index (χ0v) is 12.5. The van der Waals surface area contributed by atoms with Gasteiger partial charge in [0.1, 0.15) is 12.0 Å². The minimum atomic E-state index is -2.80. The van der Waals surface area contributed by atoms with Gasteiger partial charge in [-0.1, -0.05) is 28.1 Å². The van der Waals surface area contributed by atoms with E-state index in [2.05, 4.69) is 25.6 Å². The Kier molecular flexibility index (Phi) is 5.48. The van der Waals surface area contributed by atoms with E-state index >= 15 is 0 Å². The number of alkyl halides is 3. The molecule has 0 aromatic heterocycles. The van der Waals surface area contributed by atoms with Gasteiger partial charge in [0.15, 0.2) is 0 Å². The quantitative estimate of drug-likeness (QED) is 0.561. The highest BCUT2D eigenvalue weighted by atomic mass is 79.9. The third-order valence-corrected chi connectivity index (χ3v) is 3.98. The minimum Gasteiger partial charge on any atom is -0.435 e. The highest BCUT2D eigenvalue weighted by Crippen LogP contribution is 2.27. The number of ether oxygens (including phenoxy) is 1. The van der Waals surface area contributed by atoms with E-state index in [1.165, 1.54) is 0 Å². The van der Waals surface area contributed by atoms with Crippen molar-refractivity contribution in [3.8, 4) is 5.75 Å². The van der Waals surface area contributed by atoms with Crippen LogP contribution in [-0.4, -0.2) is 37.4 Å². The maximum absolute atomic E-state index is 12.3. The van der Waals surface area contributed by atoms with Crippen molar-refractivity contribution in [2.24, 2.45) is 5.92 Å². The fourth-order valence-electron chi connectivity index (χ4n) is 2.47. The van der Waals surface area contributed by atoms with Crippen molar-refractivity contribution < 1.29 is 18.3 Å². The Morgan fingerprint density at radius 1 is 1.45 bits per heavy atom. The summed E-state index contributed by atoms with van der Waals surface area (Å²) in [5.74, 6) is 0.747. The van der Waals surface area contributed by atoms with Crippen LogP contribution < -0.4 is 4.74 Å². The summed E-state index contributed by atoms with van der Waals surface area (Å²) in [6.07, 6.45) is 1.81. The molecule has 1 aromatic rings. The molecule has 1 aliphatic heterocycles. The molecule has 0 spiro atoms. The predicted octanol–water partition coefficient (Wildman–Crippen LogP) is 2.86. The summed E-state index contributed by atoms with van der Waals surface area (Å²) >= 11 is 3.29. The Labute approximate surface area is 125 Å². The maximum Gasteiger partial charge on any atom is 0.387 e. The van der Waals surface area contributed by atoms with Crippen LogP contribution in [0.3, 0.4) is 0 Å². The Morgan fingerprint density at radius 3 is 2.80 bits per heavy atom. The molecule has 1 saturated heterocycles. The summed E-state index contributed by atoms with van der Waals surface area (Å²) in [5, 5.41) is 0.477. The molecule has 0 atom stereocenters. The lowest BCUT2D eigenvalue weighted by Gasteiger charge is -2.38. The summed E-state index contributed by atoms with van der Waals surface area (Å²) in [4.78, 5) is 12.4. The van der Waals surface area contributed by atoms with E-state index in [-0.39, 0.29) is 5.75 Å². The molecule has 20 heavy (non-hydrogen) atoms. The monoisotopic (exact) mass is 347 g/mol. The average molecular weight is 348 g/mol. The molecule has 0 amide bonds. The molecule has 110 valence electrons. The molecular formula is C14H16BrF2NO2. The van der Waals surface area contributed by atoms with Gasteiger partial charge in [-0.2, -0.15) is 8.78 Å². The van der Waals surface area contributed by atoms with Crippen LogP contribution in [0.4, 0.5) is 8.78 Å². The number of aldehydes is 1. The van der Waals surface area contributed by atoms with Gasteiger partial charge in [0.2, 0.25) is 0 Å². The topological polar surface area (TPSA) is 29.5 Å². The molecule has 0 saturated carbocycles. The molecule has 1 heterocycles. The number of hydrogen-bond acceptors (Lipinski definition) is 3. The molecule has 2 rings (SSSR count). The number of halogens is 3. The van der Waals surface area contributed by atoms with Gasteiger partial charge in [-0.25, -0.2) is 0 Å². The Bertz CT molecular complexity index is 464. The summed E-state index contributed by atoms with van der Waals surface area (Å²) < 4.78 is 29.0. The molecule has 1 aromatic carbocycles. The van der Waals surface area contributed by atoms with Crippen LogP contribution in [0.1, 0.15) is 11.1 Å². The van der Waals surface area contributed by atoms with Crippen molar-refractivity contribution in [3.63, 3.8) is 0 Å². The zero-order chi connectivity index (χ0) is 14.5. The number of likely N-dealkylation sites (tertiary alicyclic amines) is 1. The van der Waals surface area contributed by atoms with Gasteiger partial charge >= 0.3 is 6.61 Å². The lowest BCUT2D eigenvalue weighted by atomic mass is 9.91. The van der Waals surface area contributed by atoms with Crippen molar-refractivity contribution in [3.05, 3.63) is 29.3 Å². The first-order valence-corrected chi connectivity index (χ1v) is 7.53. The van der Waals surface area contributed by atoms with Crippen LogP contribution in [-0.2, 0) is 16.5 Å². The highest BCUT2D eigenvalue weighted by molar-refractivity contribution is 9.08. The van der Waals surface area contributed by atoms with Gasteiger partial charge < -0.3 is 9.53 Å². The van der Waals surface area contributed by atoms with Crippen molar-refractivity contribution in [2.75, 3.05) is 19.6 Å². The normalized spacial score (nSPS) is 16.2. The van der Waals surface area contributed by atoms with Crippen LogP contribution >= 0.6 is 15.9 Å². The maximum atomic E-state index is 12.3. The number of rotatable bonds is 7. The van der Waals surface area contributed by atoms with E-state index in [1.54, 1.807) is 6.07 Å². The van der Waals surface area contributed by atoms with Crippen molar-refractivity contribution in [1.29, 1.82) is 0 Å². The van der Waals surface area contributed by atoms with E-state index in [0.717, 1.165) is 36.9 Å². The summed E-state index contributed by atoms with van der Waals surface area (Å²) in [6, 6.07) is 5.32. The third-order valence-electron chi connectivity index (χ3n) is 3.37. The molecule has 0 N–H and O–H groups in total. The first-order valence-electron chi connectivity index (χ1n) is 6.41. The van der Waals surface area contributed by atoms with Crippen LogP contribution in [0.25, 0.3) is 0 Å². The van der Waals surface area contributed by atoms with Gasteiger partial charge in [-0.15, -0.1) is 0 Å². The average Bonchev–Trinajstić information content (AvgIpc) is 2.37. The number of carbonyl (C=O) groups excluding carboxylic acids is 1. The number of benzene rings is 1. The van der Waals surface area contributed by atoms with Crippen LogP contribution in [0.5, 0.6) is 5.75 Å². The molecule has 0 radical (unpaired) electrons. The second kappa shape index (κ2) is 7.13. The molecule has 0 bridgehead atoms. The molecule has 1 aliphatic rings. The van der Waals surface area contributed by atoms with Crippen molar-refractivity contribution in [1.82, 2.24) is 4.90 Å².